The third-order valence-corrected chi connectivity index (χ3v) is 5.43. The molecule has 0 spiro atoms. The van der Waals surface area contributed by atoms with Gasteiger partial charge in [-0.3, -0.25) is 4.55 Å². The van der Waals surface area contributed by atoms with E-state index in [0.717, 1.165) is 21.5 Å². The number of ether oxygens (including phenoxy) is 1. The average Bonchev–Trinajstić information content (AvgIpc) is 2.65. The summed E-state index contributed by atoms with van der Waals surface area (Å²) in [6, 6.07) is 22.0. The quantitative estimate of drug-likeness (QED) is 0.524. The second-order valence-corrected chi connectivity index (χ2v) is 7.39. The minimum atomic E-state index is -4.42. The second-order valence-electron chi connectivity index (χ2n) is 6.00. The van der Waals surface area contributed by atoms with Gasteiger partial charge in [0.2, 0.25) is 0 Å². The van der Waals surface area contributed by atoms with Crippen LogP contribution in [-0.2, 0) is 10.1 Å². The molecule has 1 N–H and O–H groups in total. The van der Waals surface area contributed by atoms with Crippen LogP contribution in [0.2, 0.25) is 0 Å². The number of rotatable bonds is 3. The van der Waals surface area contributed by atoms with E-state index in [2.05, 4.69) is 0 Å². The molecule has 0 bridgehead atoms. The lowest BCUT2D eigenvalue weighted by atomic mass is 9.93. The predicted molar refractivity (Wildman–Crippen MR) is 103 cm³/mol. The van der Waals surface area contributed by atoms with Crippen LogP contribution in [-0.4, -0.2) is 20.1 Å². The zero-order chi connectivity index (χ0) is 18.3. The molecular formula is C21H16O4S. The average molecular weight is 364 g/mol. The number of benzene rings is 4. The summed E-state index contributed by atoms with van der Waals surface area (Å²) in [5, 5.41) is 3.42. The summed E-state index contributed by atoms with van der Waals surface area (Å²) in [6.07, 6.45) is 0. The highest BCUT2D eigenvalue weighted by Crippen LogP contribution is 2.43. The Labute approximate surface area is 151 Å². The fourth-order valence-corrected chi connectivity index (χ4v) is 4.11. The van der Waals surface area contributed by atoms with E-state index in [9.17, 15) is 13.0 Å². The Morgan fingerprint density at radius 3 is 1.85 bits per heavy atom. The van der Waals surface area contributed by atoms with E-state index in [1.807, 2.05) is 60.7 Å². The Bertz CT molecular complexity index is 1240. The maximum atomic E-state index is 12.1. The number of hydrogen-bond donors (Lipinski definition) is 1. The third-order valence-electron chi connectivity index (χ3n) is 4.53. The van der Waals surface area contributed by atoms with Crippen molar-refractivity contribution in [2.75, 3.05) is 7.11 Å². The van der Waals surface area contributed by atoms with Crippen molar-refractivity contribution >= 4 is 31.7 Å². The van der Waals surface area contributed by atoms with Crippen LogP contribution in [0.3, 0.4) is 0 Å². The molecule has 4 aromatic rings. The zero-order valence-corrected chi connectivity index (χ0v) is 14.8. The van der Waals surface area contributed by atoms with Gasteiger partial charge in [0, 0.05) is 11.1 Å². The second kappa shape index (κ2) is 6.12. The number of methoxy groups -OCH3 is 1. The molecular weight excluding hydrogens is 348 g/mol. The molecule has 130 valence electrons. The molecule has 0 atom stereocenters. The van der Waals surface area contributed by atoms with Crippen molar-refractivity contribution in [1.82, 2.24) is 0 Å². The standard InChI is InChI=1S/C21H16O4S/c1-25-18-12-10-14-6-2-4-8-16(14)20(18)21-17-9-5-3-7-15(17)11-13-19(21)26(22,23)24/h2-13H,1H3,(H,22,23,24). The van der Waals surface area contributed by atoms with Crippen molar-refractivity contribution in [2.24, 2.45) is 0 Å². The van der Waals surface area contributed by atoms with E-state index in [1.165, 1.54) is 6.07 Å². The first-order valence-electron chi connectivity index (χ1n) is 8.06. The van der Waals surface area contributed by atoms with Crippen LogP contribution in [0.15, 0.2) is 77.7 Å². The normalized spacial score (nSPS) is 11.8. The summed E-state index contributed by atoms with van der Waals surface area (Å²) in [4.78, 5) is -0.133. The molecule has 0 aliphatic carbocycles. The topological polar surface area (TPSA) is 63.6 Å². The van der Waals surface area contributed by atoms with Gasteiger partial charge in [0.15, 0.2) is 0 Å². The van der Waals surface area contributed by atoms with Crippen LogP contribution in [0.1, 0.15) is 0 Å². The van der Waals surface area contributed by atoms with Crippen LogP contribution >= 0.6 is 0 Å². The monoisotopic (exact) mass is 364 g/mol. The molecule has 0 aliphatic heterocycles. The summed E-state index contributed by atoms with van der Waals surface area (Å²) in [5.74, 6) is 0.546. The van der Waals surface area contributed by atoms with Gasteiger partial charge in [0.25, 0.3) is 10.1 Å². The number of fused-ring (bicyclic) bond motifs is 2. The molecule has 0 aliphatic rings. The summed E-state index contributed by atoms with van der Waals surface area (Å²) in [6.45, 7) is 0. The van der Waals surface area contributed by atoms with Gasteiger partial charge in [-0.05, 0) is 33.7 Å². The van der Waals surface area contributed by atoms with Crippen molar-refractivity contribution in [3.8, 4) is 16.9 Å². The van der Waals surface area contributed by atoms with E-state index in [4.69, 9.17) is 4.74 Å². The Balaban J connectivity index is 2.28. The highest BCUT2D eigenvalue weighted by Gasteiger charge is 2.23. The van der Waals surface area contributed by atoms with Crippen LogP contribution in [0, 0.1) is 0 Å². The SMILES string of the molecule is COc1ccc2ccccc2c1-c1c(S(=O)(=O)O)ccc2ccccc12. The first-order chi connectivity index (χ1) is 12.5. The van der Waals surface area contributed by atoms with Crippen molar-refractivity contribution < 1.29 is 17.7 Å². The molecule has 0 aromatic heterocycles. The molecule has 0 heterocycles. The number of hydrogen-bond acceptors (Lipinski definition) is 3. The molecule has 5 heteroatoms. The van der Waals surface area contributed by atoms with Crippen LogP contribution in [0.4, 0.5) is 0 Å². The fourth-order valence-electron chi connectivity index (χ4n) is 3.40. The van der Waals surface area contributed by atoms with Gasteiger partial charge >= 0.3 is 0 Å². The van der Waals surface area contributed by atoms with E-state index < -0.39 is 10.1 Å². The van der Waals surface area contributed by atoms with Gasteiger partial charge in [0.1, 0.15) is 10.6 Å². The highest BCUT2D eigenvalue weighted by molar-refractivity contribution is 7.86. The Morgan fingerprint density at radius 1 is 0.731 bits per heavy atom. The lowest BCUT2D eigenvalue weighted by molar-refractivity contribution is 0.417. The smallest absolute Gasteiger partial charge is 0.295 e. The molecule has 0 amide bonds. The van der Waals surface area contributed by atoms with Crippen molar-refractivity contribution in [1.29, 1.82) is 0 Å². The van der Waals surface area contributed by atoms with Crippen molar-refractivity contribution in [2.45, 2.75) is 4.90 Å². The molecule has 4 nitrogen and oxygen atoms in total. The van der Waals surface area contributed by atoms with E-state index in [0.29, 0.717) is 16.9 Å². The summed E-state index contributed by atoms with van der Waals surface area (Å²) >= 11 is 0. The van der Waals surface area contributed by atoms with Crippen molar-refractivity contribution in [3.63, 3.8) is 0 Å². The van der Waals surface area contributed by atoms with E-state index in [-0.39, 0.29) is 4.90 Å². The van der Waals surface area contributed by atoms with Gasteiger partial charge in [-0.1, -0.05) is 60.7 Å². The molecule has 26 heavy (non-hydrogen) atoms. The molecule has 0 saturated heterocycles. The predicted octanol–water partition coefficient (Wildman–Crippen LogP) is 4.92. The highest BCUT2D eigenvalue weighted by atomic mass is 32.2. The first kappa shape index (κ1) is 16.6. The van der Waals surface area contributed by atoms with Gasteiger partial charge in [-0.2, -0.15) is 8.42 Å². The van der Waals surface area contributed by atoms with Gasteiger partial charge in [-0.25, -0.2) is 0 Å². The third kappa shape index (κ3) is 2.62. The maximum absolute atomic E-state index is 12.1. The zero-order valence-electron chi connectivity index (χ0n) is 14.0. The summed E-state index contributed by atoms with van der Waals surface area (Å²) < 4.78 is 39.6. The molecule has 0 radical (unpaired) electrons. The van der Waals surface area contributed by atoms with Crippen LogP contribution < -0.4 is 4.74 Å². The first-order valence-corrected chi connectivity index (χ1v) is 9.50. The van der Waals surface area contributed by atoms with Crippen LogP contribution in [0.25, 0.3) is 32.7 Å². The van der Waals surface area contributed by atoms with Gasteiger partial charge in [-0.15, -0.1) is 0 Å². The molecule has 4 rings (SSSR count). The van der Waals surface area contributed by atoms with E-state index >= 15 is 0 Å². The van der Waals surface area contributed by atoms with E-state index in [1.54, 1.807) is 13.2 Å². The molecule has 0 saturated carbocycles. The lowest BCUT2D eigenvalue weighted by Gasteiger charge is -2.17. The fraction of sp³-hybridized carbons (Fsp3) is 0.0476. The summed E-state index contributed by atoms with van der Waals surface area (Å²) in [5.41, 5.74) is 1.09. The minimum Gasteiger partial charge on any atom is -0.496 e. The Morgan fingerprint density at radius 2 is 1.27 bits per heavy atom. The molecule has 4 aromatic carbocycles. The van der Waals surface area contributed by atoms with Gasteiger partial charge in [0.05, 0.1) is 7.11 Å². The maximum Gasteiger partial charge on any atom is 0.295 e. The minimum absolute atomic E-state index is 0.133. The molecule has 0 fully saturated rings. The lowest BCUT2D eigenvalue weighted by Crippen LogP contribution is -2.02. The Kier molecular flexibility index (Phi) is 3.90. The van der Waals surface area contributed by atoms with Gasteiger partial charge < -0.3 is 4.74 Å². The largest absolute Gasteiger partial charge is 0.496 e. The van der Waals surface area contributed by atoms with Crippen molar-refractivity contribution in [3.05, 3.63) is 72.8 Å². The Hall–Kier alpha value is -2.89. The molecule has 0 unspecified atom stereocenters. The summed E-state index contributed by atoms with van der Waals surface area (Å²) in [7, 11) is -2.87. The van der Waals surface area contributed by atoms with Crippen LogP contribution in [0.5, 0.6) is 5.75 Å².